The second kappa shape index (κ2) is 7.76. The van der Waals surface area contributed by atoms with Crippen molar-refractivity contribution in [3.05, 3.63) is 29.6 Å². The number of aryl methyl sites for hydroxylation is 1. The maximum Gasteiger partial charge on any atom is 0.173 e. The predicted molar refractivity (Wildman–Crippen MR) is 98.8 cm³/mol. The molecule has 1 aliphatic heterocycles. The van der Waals surface area contributed by atoms with Crippen LogP contribution in [0.5, 0.6) is 0 Å². The highest BCUT2D eigenvalue weighted by atomic mass is 32.2. The molecule has 2 rings (SSSR count). The number of hydrogen-bond acceptors (Lipinski definition) is 3. The van der Waals surface area contributed by atoms with Gasteiger partial charge >= 0.3 is 0 Å². The molecular formula is C16H25FN3O2S2+. The lowest BCUT2D eigenvalue weighted by Crippen LogP contribution is -3.06. The first-order valence-corrected chi connectivity index (χ1v) is 10.2. The van der Waals surface area contributed by atoms with E-state index in [0.717, 1.165) is 6.54 Å². The molecule has 1 aromatic carbocycles. The fourth-order valence-corrected chi connectivity index (χ4v) is 4.77. The first-order chi connectivity index (χ1) is 11.2. The highest BCUT2D eigenvalue weighted by Gasteiger charge is 2.33. The normalized spacial score (nSPS) is 19.5. The zero-order valence-electron chi connectivity index (χ0n) is 14.3. The molecule has 0 unspecified atom stereocenters. The topological polar surface area (TPSA) is 53.9 Å². The van der Waals surface area contributed by atoms with E-state index in [0.29, 0.717) is 29.3 Å². The molecule has 1 heterocycles. The van der Waals surface area contributed by atoms with E-state index >= 15 is 0 Å². The van der Waals surface area contributed by atoms with Gasteiger partial charge in [-0.05, 0) is 43.3 Å². The van der Waals surface area contributed by atoms with Gasteiger partial charge in [-0.2, -0.15) is 0 Å². The van der Waals surface area contributed by atoms with Gasteiger partial charge in [0, 0.05) is 11.7 Å². The van der Waals surface area contributed by atoms with Crippen molar-refractivity contribution in [2.45, 2.75) is 19.4 Å². The molecule has 0 radical (unpaired) electrons. The van der Waals surface area contributed by atoms with E-state index in [1.165, 1.54) is 11.0 Å². The van der Waals surface area contributed by atoms with Crippen molar-refractivity contribution in [1.29, 1.82) is 0 Å². The van der Waals surface area contributed by atoms with Crippen molar-refractivity contribution in [1.82, 2.24) is 4.90 Å². The molecule has 1 aromatic rings. The molecule has 0 amide bonds. The standard InChI is InChI=1S/C16H24FN3O2S2/c1-12-4-5-13(10-15(12)17)18-16(23)20(8-7-19(2)3)14-6-9-24(21,22)11-14/h4-5,10,14H,6-9,11H2,1-3H3,(H,18,23)/p+1/t14-/m0/s1. The number of rotatable bonds is 5. The van der Waals surface area contributed by atoms with Gasteiger partial charge in [0.25, 0.3) is 0 Å². The average Bonchev–Trinajstić information content (AvgIpc) is 2.83. The van der Waals surface area contributed by atoms with E-state index in [1.807, 2.05) is 19.0 Å². The van der Waals surface area contributed by atoms with Crippen molar-refractivity contribution >= 4 is 32.9 Å². The van der Waals surface area contributed by atoms with Crippen LogP contribution in [-0.2, 0) is 9.84 Å². The SMILES string of the molecule is Cc1ccc(NC(=S)N(CC[NH+](C)C)[C@H]2CCS(=O)(=O)C2)cc1F. The molecule has 2 N–H and O–H groups in total. The van der Waals surface area contributed by atoms with Crippen LogP contribution in [0.15, 0.2) is 18.2 Å². The number of thiocarbonyl (C=S) groups is 1. The Balaban J connectivity index is 2.12. The first-order valence-electron chi connectivity index (χ1n) is 8.01. The Bertz CT molecular complexity index is 707. The molecule has 134 valence electrons. The molecule has 1 fully saturated rings. The summed E-state index contributed by atoms with van der Waals surface area (Å²) >= 11 is 5.49. The fraction of sp³-hybridized carbons (Fsp3) is 0.562. The highest BCUT2D eigenvalue weighted by Crippen LogP contribution is 2.20. The van der Waals surface area contributed by atoms with E-state index in [2.05, 4.69) is 5.32 Å². The quantitative estimate of drug-likeness (QED) is 0.734. The van der Waals surface area contributed by atoms with Crippen LogP contribution in [0.25, 0.3) is 0 Å². The second-order valence-corrected chi connectivity index (χ2v) is 9.22. The number of likely N-dealkylation sites (N-methyl/N-ethyl adjacent to an activating group) is 1. The average molecular weight is 375 g/mol. The summed E-state index contributed by atoms with van der Waals surface area (Å²) in [6, 6.07) is 4.74. The molecule has 0 bridgehead atoms. The third-order valence-electron chi connectivity index (χ3n) is 4.19. The highest BCUT2D eigenvalue weighted by molar-refractivity contribution is 7.91. The molecule has 5 nitrogen and oxygen atoms in total. The summed E-state index contributed by atoms with van der Waals surface area (Å²) in [4.78, 5) is 3.19. The van der Waals surface area contributed by atoms with E-state index in [-0.39, 0.29) is 23.4 Å². The Hall–Kier alpha value is -1.25. The van der Waals surface area contributed by atoms with Gasteiger partial charge < -0.3 is 15.1 Å². The summed E-state index contributed by atoms with van der Waals surface area (Å²) in [6.07, 6.45) is 0.579. The van der Waals surface area contributed by atoms with E-state index in [1.54, 1.807) is 19.1 Å². The van der Waals surface area contributed by atoms with Crippen LogP contribution in [0.4, 0.5) is 10.1 Å². The predicted octanol–water partition coefficient (Wildman–Crippen LogP) is 0.465. The van der Waals surface area contributed by atoms with Crippen LogP contribution in [0.3, 0.4) is 0 Å². The summed E-state index contributed by atoms with van der Waals surface area (Å²) in [5.41, 5.74) is 1.15. The van der Waals surface area contributed by atoms with Crippen LogP contribution >= 0.6 is 12.2 Å². The smallest absolute Gasteiger partial charge is 0.173 e. The number of hydrogen-bond donors (Lipinski definition) is 2. The van der Waals surface area contributed by atoms with Crippen molar-refractivity contribution < 1.29 is 17.7 Å². The molecule has 1 saturated heterocycles. The number of sulfone groups is 1. The molecule has 0 saturated carbocycles. The Labute approximate surface area is 148 Å². The maximum atomic E-state index is 13.7. The summed E-state index contributed by atoms with van der Waals surface area (Å²) in [5, 5.41) is 3.50. The van der Waals surface area contributed by atoms with Gasteiger partial charge in [-0.1, -0.05) is 6.07 Å². The molecule has 0 spiro atoms. The van der Waals surface area contributed by atoms with Crippen molar-refractivity contribution in [2.75, 3.05) is 44.0 Å². The molecule has 24 heavy (non-hydrogen) atoms. The van der Waals surface area contributed by atoms with Gasteiger partial charge in [0.2, 0.25) is 0 Å². The van der Waals surface area contributed by atoms with Crippen molar-refractivity contribution in [3.8, 4) is 0 Å². The third-order valence-corrected chi connectivity index (χ3v) is 6.27. The van der Waals surface area contributed by atoms with Gasteiger partial charge in [0.05, 0.1) is 38.7 Å². The minimum atomic E-state index is -2.99. The number of quaternary nitrogens is 1. The molecule has 8 heteroatoms. The number of nitrogens with one attached hydrogen (secondary N) is 2. The number of halogens is 1. The fourth-order valence-electron chi connectivity index (χ4n) is 2.68. The van der Waals surface area contributed by atoms with E-state index < -0.39 is 9.84 Å². The zero-order chi connectivity index (χ0) is 17.9. The molecule has 1 atom stereocenters. The van der Waals surface area contributed by atoms with Crippen LogP contribution in [-0.4, -0.2) is 63.2 Å². The Morgan fingerprint density at radius 2 is 2.17 bits per heavy atom. The van der Waals surface area contributed by atoms with Gasteiger partial charge in [-0.15, -0.1) is 0 Å². The van der Waals surface area contributed by atoms with Gasteiger partial charge in [-0.3, -0.25) is 0 Å². The summed E-state index contributed by atoms with van der Waals surface area (Å²) in [7, 11) is 1.08. The largest absolute Gasteiger partial charge is 0.339 e. The van der Waals surface area contributed by atoms with Gasteiger partial charge in [0.15, 0.2) is 14.9 Å². The van der Waals surface area contributed by atoms with Crippen molar-refractivity contribution in [3.63, 3.8) is 0 Å². The Morgan fingerprint density at radius 1 is 1.46 bits per heavy atom. The lowest BCUT2D eigenvalue weighted by Gasteiger charge is -2.31. The van der Waals surface area contributed by atoms with Crippen LogP contribution < -0.4 is 10.2 Å². The number of nitrogens with zero attached hydrogens (tertiary/aromatic N) is 1. The Kier molecular flexibility index (Phi) is 6.17. The van der Waals surface area contributed by atoms with Crippen LogP contribution in [0.2, 0.25) is 0 Å². The summed E-state index contributed by atoms with van der Waals surface area (Å²) in [6.45, 7) is 3.19. The minimum Gasteiger partial charge on any atom is -0.339 e. The third kappa shape index (κ3) is 5.12. The lowest BCUT2D eigenvalue weighted by atomic mass is 10.2. The van der Waals surface area contributed by atoms with Crippen LogP contribution in [0.1, 0.15) is 12.0 Å². The lowest BCUT2D eigenvalue weighted by molar-refractivity contribution is -0.857. The van der Waals surface area contributed by atoms with E-state index in [9.17, 15) is 12.8 Å². The Morgan fingerprint density at radius 3 is 2.71 bits per heavy atom. The van der Waals surface area contributed by atoms with Gasteiger partial charge in [0.1, 0.15) is 5.82 Å². The van der Waals surface area contributed by atoms with Crippen molar-refractivity contribution in [2.24, 2.45) is 0 Å². The molecular weight excluding hydrogens is 349 g/mol. The molecule has 0 aliphatic carbocycles. The summed E-state index contributed by atoms with van der Waals surface area (Å²) in [5.74, 6) is 0.0282. The monoisotopic (exact) mass is 374 g/mol. The number of anilines is 1. The first kappa shape index (κ1) is 19.1. The van der Waals surface area contributed by atoms with Gasteiger partial charge in [-0.25, -0.2) is 12.8 Å². The molecule has 0 aromatic heterocycles. The minimum absolute atomic E-state index is 0.121. The summed E-state index contributed by atoms with van der Waals surface area (Å²) < 4.78 is 37.3. The zero-order valence-corrected chi connectivity index (χ0v) is 15.9. The molecule has 1 aliphatic rings. The van der Waals surface area contributed by atoms with Crippen LogP contribution in [0, 0.1) is 12.7 Å². The number of benzene rings is 1. The van der Waals surface area contributed by atoms with E-state index in [4.69, 9.17) is 12.2 Å². The second-order valence-electron chi connectivity index (χ2n) is 6.60. The maximum absolute atomic E-state index is 13.7.